The molecule has 4 nitrogen and oxygen atoms in total. The van der Waals surface area contributed by atoms with Crippen LogP contribution < -0.4 is 10.1 Å². The first kappa shape index (κ1) is 19.5. The quantitative estimate of drug-likeness (QED) is 0.452. The topological polar surface area (TPSA) is 47.6 Å². The van der Waals surface area contributed by atoms with Crippen molar-refractivity contribution in [2.75, 3.05) is 20.2 Å². The van der Waals surface area contributed by atoms with E-state index in [9.17, 15) is 4.79 Å². The highest BCUT2D eigenvalue weighted by molar-refractivity contribution is 5.76. The van der Waals surface area contributed by atoms with Crippen molar-refractivity contribution in [1.82, 2.24) is 5.32 Å². The summed E-state index contributed by atoms with van der Waals surface area (Å²) in [6.45, 7) is 6.27. The Hall–Kier alpha value is -1.81. The summed E-state index contributed by atoms with van der Waals surface area (Å²) in [5.74, 6) is 1.23. The van der Waals surface area contributed by atoms with E-state index in [1.807, 2.05) is 12.1 Å². The predicted molar refractivity (Wildman–Crippen MR) is 110 cm³/mol. The van der Waals surface area contributed by atoms with Crippen LogP contribution in [0.2, 0.25) is 0 Å². The summed E-state index contributed by atoms with van der Waals surface area (Å²) in [6.07, 6.45) is 6.85. The van der Waals surface area contributed by atoms with Gasteiger partial charge in [-0.05, 0) is 75.1 Å². The van der Waals surface area contributed by atoms with Crippen LogP contribution in [0.3, 0.4) is 0 Å². The Morgan fingerprint density at radius 1 is 1.29 bits per heavy atom. The molecule has 1 aliphatic heterocycles. The second-order valence-electron chi connectivity index (χ2n) is 9.13. The van der Waals surface area contributed by atoms with Crippen molar-refractivity contribution in [3.05, 3.63) is 41.0 Å². The number of rotatable bonds is 6. The molecule has 1 aromatic carbocycles. The van der Waals surface area contributed by atoms with Crippen molar-refractivity contribution in [2.45, 2.75) is 58.5 Å². The Labute approximate surface area is 168 Å². The van der Waals surface area contributed by atoms with E-state index in [0.29, 0.717) is 5.92 Å². The lowest BCUT2D eigenvalue weighted by Crippen LogP contribution is -2.40. The normalized spacial score (nSPS) is 32.0. The molecule has 4 rings (SSSR count). The molecule has 0 amide bonds. The minimum Gasteiger partial charge on any atom is -0.497 e. The molecule has 0 aromatic heterocycles. The minimum absolute atomic E-state index is 0.00681. The average molecular weight is 384 g/mol. The zero-order valence-corrected chi connectivity index (χ0v) is 17.4. The van der Waals surface area contributed by atoms with Crippen LogP contribution in [0.15, 0.2) is 35.4 Å². The Morgan fingerprint density at radius 3 is 2.82 bits per heavy atom. The van der Waals surface area contributed by atoms with E-state index in [1.54, 1.807) is 18.3 Å². The van der Waals surface area contributed by atoms with Crippen molar-refractivity contribution in [2.24, 2.45) is 17.3 Å². The fourth-order valence-corrected chi connectivity index (χ4v) is 5.63. The number of ether oxygens (including phenoxy) is 2. The first-order valence-electron chi connectivity index (χ1n) is 10.7. The second-order valence-corrected chi connectivity index (χ2v) is 9.13. The lowest BCUT2D eigenvalue weighted by molar-refractivity contribution is -0.145. The number of fused-ring (bicyclic) bond motifs is 2. The van der Waals surface area contributed by atoms with Gasteiger partial charge in [-0.1, -0.05) is 30.2 Å². The molecule has 4 unspecified atom stereocenters. The van der Waals surface area contributed by atoms with Gasteiger partial charge in [0.2, 0.25) is 0 Å². The summed E-state index contributed by atoms with van der Waals surface area (Å²) >= 11 is 0. The molecule has 0 radical (unpaired) electrons. The lowest BCUT2D eigenvalue weighted by atomic mass is 9.59. The second kappa shape index (κ2) is 7.90. The lowest BCUT2D eigenvalue weighted by Gasteiger charge is -2.45. The molecule has 28 heavy (non-hydrogen) atoms. The zero-order chi connectivity index (χ0) is 19.7. The summed E-state index contributed by atoms with van der Waals surface area (Å²) in [7, 11) is 1.68. The number of carbonyl (C=O) groups is 1. The Morgan fingerprint density at radius 2 is 2.07 bits per heavy atom. The van der Waals surface area contributed by atoms with Gasteiger partial charge in [0.25, 0.3) is 0 Å². The maximum Gasteiger partial charge on any atom is 0.310 e. The molecule has 0 bridgehead atoms. The summed E-state index contributed by atoms with van der Waals surface area (Å²) in [5, 5.41) is 3.51. The van der Waals surface area contributed by atoms with Gasteiger partial charge in [0, 0.05) is 12.5 Å². The molecular formula is C24H33NO3. The molecular weight excluding hydrogens is 350 g/mol. The van der Waals surface area contributed by atoms with Crippen molar-refractivity contribution in [3.8, 4) is 5.75 Å². The largest absolute Gasteiger partial charge is 0.497 e. The fourth-order valence-electron chi connectivity index (χ4n) is 5.63. The van der Waals surface area contributed by atoms with Gasteiger partial charge in [0.05, 0.1) is 13.0 Å². The number of methoxy groups -OCH3 is 1. The van der Waals surface area contributed by atoms with Crippen LogP contribution in [0.5, 0.6) is 5.75 Å². The van der Waals surface area contributed by atoms with Crippen LogP contribution in [-0.2, 0) is 16.0 Å². The average Bonchev–Trinajstić information content (AvgIpc) is 2.98. The van der Waals surface area contributed by atoms with E-state index in [4.69, 9.17) is 9.47 Å². The number of benzene rings is 1. The molecule has 1 saturated heterocycles. The Balaban J connectivity index is 1.34. The standard InChI is InChI=1S/C24H33NO3/c1-16-5-4-11-24(2)14-22-19(13-21(16)24)20(23(26)28-22)15-25-12-10-17-6-8-18(27-3)9-7-17/h6-9,19-20,22,25H,4-5,10-15H2,1-3H3. The molecule has 1 N–H and O–H groups in total. The monoisotopic (exact) mass is 383 g/mol. The third kappa shape index (κ3) is 3.71. The molecule has 152 valence electrons. The number of allylic oxidation sites excluding steroid dienone is 2. The van der Waals surface area contributed by atoms with Crippen LogP contribution >= 0.6 is 0 Å². The van der Waals surface area contributed by atoms with Crippen LogP contribution in [0.1, 0.15) is 51.5 Å². The smallest absolute Gasteiger partial charge is 0.310 e. The summed E-state index contributed by atoms with van der Waals surface area (Å²) < 4.78 is 11.1. The van der Waals surface area contributed by atoms with Crippen molar-refractivity contribution >= 4 is 5.97 Å². The van der Waals surface area contributed by atoms with E-state index >= 15 is 0 Å². The van der Waals surface area contributed by atoms with E-state index < -0.39 is 0 Å². The molecule has 1 aromatic rings. The maximum atomic E-state index is 12.6. The van der Waals surface area contributed by atoms with Gasteiger partial charge in [-0.15, -0.1) is 0 Å². The van der Waals surface area contributed by atoms with Crippen LogP contribution in [-0.4, -0.2) is 32.3 Å². The number of esters is 1. The van der Waals surface area contributed by atoms with Crippen LogP contribution in [0.25, 0.3) is 0 Å². The van der Waals surface area contributed by atoms with Crippen molar-refractivity contribution in [1.29, 1.82) is 0 Å². The predicted octanol–water partition coefficient (Wildman–Crippen LogP) is 4.29. The molecule has 2 aliphatic carbocycles. The van der Waals surface area contributed by atoms with Gasteiger partial charge in [-0.3, -0.25) is 4.79 Å². The van der Waals surface area contributed by atoms with E-state index in [1.165, 1.54) is 24.8 Å². The SMILES string of the molecule is COc1ccc(CCNCC2C(=O)OC3CC4(C)CCCC(C)=C4CC32)cc1. The van der Waals surface area contributed by atoms with E-state index in [-0.39, 0.29) is 23.4 Å². The van der Waals surface area contributed by atoms with Gasteiger partial charge in [0.15, 0.2) is 0 Å². The molecule has 0 spiro atoms. The van der Waals surface area contributed by atoms with Gasteiger partial charge in [0.1, 0.15) is 11.9 Å². The highest BCUT2D eigenvalue weighted by Crippen LogP contribution is 2.54. The van der Waals surface area contributed by atoms with Crippen molar-refractivity contribution in [3.63, 3.8) is 0 Å². The van der Waals surface area contributed by atoms with Crippen LogP contribution in [0.4, 0.5) is 0 Å². The van der Waals surface area contributed by atoms with E-state index in [0.717, 1.165) is 38.1 Å². The number of hydrogen-bond donors (Lipinski definition) is 1. The molecule has 2 fully saturated rings. The first-order valence-corrected chi connectivity index (χ1v) is 10.7. The molecule has 3 aliphatic rings. The third-order valence-corrected chi connectivity index (χ3v) is 7.29. The van der Waals surface area contributed by atoms with Crippen LogP contribution in [0, 0.1) is 17.3 Å². The number of hydrogen-bond acceptors (Lipinski definition) is 4. The highest BCUT2D eigenvalue weighted by Gasteiger charge is 2.52. The third-order valence-electron chi connectivity index (χ3n) is 7.29. The number of nitrogens with one attached hydrogen (secondary N) is 1. The zero-order valence-electron chi connectivity index (χ0n) is 17.4. The van der Waals surface area contributed by atoms with Gasteiger partial charge in [-0.25, -0.2) is 0 Å². The molecule has 4 atom stereocenters. The Kier molecular flexibility index (Phi) is 5.50. The number of carbonyl (C=O) groups excluding carboxylic acids is 1. The molecule has 1 heterocycles. The summed E-state index contributed by atoms with van der Waals surface area (Å²) in [5.41, 5.74) is 4.72. The Bertz CT molecular complexity index is 754. The van der Waals surface area contributed by atoms with E-state index in [2.05, 4.69) is 31.3 Å². The summed E-state index contributed by atoms with van der Waals surface area (Å²) in [4.78, 5) is 12.6. The molecule has 4 heteroatoms. The van der Waals surface area contributed by atoms with Gasteiger partial charge >= 0.3 is 5.97 Å². The highest BCUT2D eigenvalue weighted by atomic mass is 16.6. The van der Waals surface area contributed by atoms with Gasteiger partial charge in [-0.2, -0.15) is 0 Å². The molecule has 1 saturated carbocycles. The van der Waals surface area contributed by atoms with Crippen molar-refractivity contribution < 1.29 is 14.3 Å². The fraction of sp³-hybridized carbons (Fsp3) is 0.625. The maximum absolute atomic E-state index is 12.6. The summed E-state index contributed by atoms with van der Waals surface area (Å²) in [6, 6.07) is 8.18. The first-order chi connectivity index (χ1) is 13.5. The minimum atomic E-state index is -0.00681. The van der Waals surface area contributed by atoms with Gasteiger partial charge < -0.3 is 14.8 Å².